The second-order valence-electron chi connectivity index (χ2n) is 4.49. The highest BCUT2D eigenvalue weighted by Gasteiger charge is 2.09. The van der Waals surface area contributed by atoms with Gasteiger partial charge in [-0.25, -0.2) is 0 Å². The van der Waals surface area contributed by atoms with Crippen molar-refractivity contribution in [1.29, 1.82) is 0 Å². The first-order valence-electron chi connectivity index (χ1n) is 6.64. The summed E-state index contributed by atoms with van der Waals surface area (Å²) in [6.45, 7) is 2.21. The van der Waals surface area contributed by atoms with Crippen molar-refractivity contribution in [3.8, 4) is 11.5 Å². The van der Waals surface area contributed by atoms with Crippen molar-refractivity contribution in [2.24, 2.45) is 0 Å². The molecule has 0 radical (unpaired) electrons. The summed E-state index contributed by atoms with van der Waals surface area (Å²) in [5.41, 5.74) is 1.15. The largest absolute Gasteiger partial charge is 0.503 e. The third-order valence-electron chi connectivity index (χ3n) is 2.89. The number of hydrogen-bond acceptors (Lipinski definition) is 3. The van der Waals surface area contributed by atoms with Crippen molar-refractivity contribution in [3.05, 3.63) is 63.6 Å². The van der Waals surface area contributed by atoms with Gasteiger partial charge in [-0.2, -0.15) is 0 Å². The molecule has 0 aliphatic carbocycles. The molecule has 0 unspecified atom stereocenters. The highest BCUT2D eigenvalue weighted by Crippen LogP contribution is 2.35. The molecule has 0 aromatic heterocycles. The monoisotopic (exact) mass is 336 g/mol. The van der Waals surface area contributed by atoms with Crippen LogP contribution in [0, 0.1) is 0 Å². The van der Waals surface area contributed by atoms with E-state index in [1.165, 1.54) is 6.08 Å². The Balaban J connectivity index is 2.24. The van der Waals surface area contributed by atoms with Crippen molar-refractivity contribution in [1.82, 2.24) is 0 Å². The van der Waals surface area contributed by atoms with Crippen LogP contribution in [0.5, 0.6) is 11.5 Å². The summed E-state index contributed by atoms with van der Waals surface area (Å²) < 4.78 is 5.29. The van der Waals surface area contributed by atoms with E-state index in [-0.39, 0.29) is 22.3 Å². The number of ketones is 1. The summed E-state index contributed by atoms with van der Waals surface area (Å²) in [5, 5.41) is 10.4. The number of ether oxygens (including phenoxy) is 1. The minimum absolute atomic E-state index is 0.109. The molecular formula is C17H14Cl2O3. The number of halogens is 2. The lowest BCUT2D eigenvalue weighted by Gasteiger charge is -2.08. The van der Waals surface area contributed by atoms with Gasteiger partial charge in [0.15, 0.2) is 17.3 Å². The van der Waals surface area contributed by atoms with Crippen LogP contribution in [0.15, 0.2) is 42.5 Å². The number of benzene rings is 2. The predicted octanol–water partition coefficient (Wildman–Crippen LogP) is 4.99. The molecule has 0 spiro atoms. The fraction of sp³-hybridized carbons (Fsp3) is 0.118. The Morgan fingerprint density at radius 1 is 1.27 bits per heavy atom. The Bertz CT molecular complexity index is 724. The molecule has 0 saturated carbocycles. The van der Waals surface area contributed by atoms with Gasteiger partial charge in [-0.1, -0.05) is 41.4 Å². The van der Waals surface area contributed by atoms with Crippen molar-refractivity contribution < 1.29 is 14.6 Å². The van der Waals surface area contributed by atoms with Gasteiger partial charge in [0.2, 0.25) is 0 Å². The standard InChI is InChI=1S/C17H14Cl2O3/c1-2-22-16-9-11(8-14(19)17(16)21)6-7-15(20)12-4-3-5-13(18)10-12/h3-10,21H,2H2,1H3. The molecule has 22 heavy (non-hydrogen) atoms. The first-order chi connectivity index (χ1) is 10.5. The Kier molecular flexibility index (Phi) is 5.47. The molecule has 3 nitrogen and oxygen atoms in total. The topological polar surface area (TPSA) is 46.5 Å². The lowest BCUT2D eigenvalue weighted by atomic mass is 10.1. The van der Waals surface area contributed by atoms with Gasteiger partial charge in [0, 0.05) is 10.6 Å². The Labute approximate surface area is 138 Å². The average Bonchev–Trinajstić information content (AvgIpc) is 2.49. The molecular weight excluding hydrogens is 323 g/mol. The second kappa shape index (κ2) is 7.34. The molecule has 1 N–H and O–H groups in total. The third-order valence-corrected chi connectivity index (χ3v) is 3.41. The van der Waals surface area contributed by atoms with Gasteiger partial charge in [-0.15, -0.1) is 0 Å². The van der Waals surface area contributed by atoms with Crippen LogP contribution in [-0.2, 0) is 0 Å². The van der Waals surface area contributed by atoms with E-state index in [0.717, 1.165) is 0 Å². The van der Waals surface area contributed by atoms with Crippen LogP contribution in [-0.4, -0.2) is 17.5 Å². The lowest BCUT2D eigenvalue weighted by molar-refractivity contribution is 0.104. The molecule has 0 aliphatic rings. The summed E-state index contributed by atoms with van der Waals surface area (Å²) in [7, 11) is 0. The number of phenolic OH excluding ortho intramolecular Hbond substituents is 1. The van der Waals surface area contributed by atoms with Crippen LogP contribution in [0.2, 0.25) is 10.0 Å². The maximum atomic E-state index is 12.1. The number of rotatable bonds is 5. The normalized spacial score (nSPS) is 10.9. The molecule has 114 valence electrons. The van der Waals surface area contributed by atoms with E-state index < -0.39 is 0 Å². The highest BCUT2D eigenvalue weighted by atomic mass is 35.5. The van der Waals surface area contributed by atoms with Crippen LogP contribution >= 0.6 is 23.2 Å². The number of carbonyl (C=O) groups is 1. The van der Waals surface area contributed by atoms with Gasteiger partial charge in [0.25, 0.3) is 0 Å². The SMILES string of the molecule is CCOc1cc(C=CC(=O)c2cccc(Cl)c2)cc(Cl)c1O. The summed E-state index contributed by atoms with van der Waals surface area (Å²) in [6.07, 6.45) is 3.03. The Morgan fingerprint density at radius 3 is 2.73 bits per heavy atom. The van der Waals surface area contributed by atoms with Gasteiger partial charge in [0.1, 0.15) is 0 Å². The fourth-order valence-electron chi connectivity index (χ4n) is 1.87. The van der Waals surface area contributed by atoms with Gasteiger partial charge in [-0.3, -0.25) is 4.79 Å². The number of phenols is 1. The minimum atomic E-state index is -0.176. The number of allylic oxidation sites excluding steroid dienone is 1. The highest BCUT2D eigenvalue weighted by molar-refractivity contribution is 6.32. The maximum absolute atomic E-state index is 12.1. The lowest BCUT2D eigenvalue weighted by Crippen LogP contribution is -1.94. The minimum Gasteiger partial charge on any atom is -0.503 e. The smallest absolute Gasteiger partial charge is 0.185 e. The number of carbonyl (C=O) groups excluding carboxylic acids is 1. The van der Waals surface area contributed by atoms with Gasteiger partial charge >= 0.3 is 0 Å². The fourth-order valence-corrected chi connectivity index (χ4v) is 2.27. The van der Waals surface area contributed by atoms with Gasteiger partial charge < -0.3 is 9.84 Å². The van der Waals surface area contributed by atoms with E-state index in [4.69, 9.17) is 27.9 Å². The van der Waals surface area contributed by atoms with E-state index in [9.17, 15) is 9.90 Å². The van der Waals surface area contributed by atoms with Crippen LogP contribution in [0.4, 0.5) is 0 Å². The molecule has 2 aromatic rings. The second-order valence-corrected chi connectivity index (χ2v) is 5.33. The Hall–Kier alpha value is -1.97. The number of aromatic hydroxyl groups is 1. The molecule has 0 heterocycles. The van der Waals surface area contributed by atoms with E-state index in [1.807, 2.05) is 0 Å². The third kappa shape index (κ3) is 4.03. The molecule has 0 bridgehead atoms. The predicted molar refractivity (Wildman–Crippen MR) is 89.1 cm³/mol. The van der Waals surface area contributed by atoms with Crippen molar-refractivity contribution in [2.45, 2.75) is 6.92 Å². The van der Waals surface area contributed by atoms with E-state index >= 15 is 0 Å². The van der Waals surface area contributed by atoms with Crippen LogP contribution in [0.3, 0.4) is 0 Å². The molecule has 0 saturated heterocycles. The molecule has 0 fully saturated rings. The summed E-state index contributed by atoms with van der Waals surface area (Å²) in [6, 6.07) is 9.88. The van der Waals surface area contributed by atoms with E-state index in [2.05, 4.69) is 0 Å². The molecule has 5 heteroatoms. The molecule has 2 aromatic carbocycles. The van der Waals surface area contributed by atoms with Crippen LogP contribution in [0.1, 0.15) is 22.8 Å². The first kappa shape index (κ1) is 16.4. The zero-order valence-corrected chi connectivity index (χ0v) is 13.4. The average molecular weight is 337 g/mol. The van der Waals surface area contributed by atoms with Crippen molar-refractivity contribution in [3.63, 3.8) is 0 Å². The zero-order chi connectivity index (χ0) is 16.1. The first-order valence-corrected chi connectivity index (χ1v) is 7.40. The molecule has 2 rings (SSSR count). The molecule has 0 aliphatic heterocycles. The van der Waals surface area contributed by atoms with Crippen LogP contribution < -0.4 is 4.74 Å². The van der Waals surface area contributed by atoms with Crippen LogP contribution in [0.25, 0.3) is 6.08 Å². The van der Waals surface area contributed by atoms with Crippen molar-refractivity contribution >= 4 is 35.1 Å². The molecule has 0 atom stereocenters. The molecule has 0 amide bonds. The van der Waals surface area contributed by atoms with E-state index in [1.54, 1.807) is 49.4 Å². The quantitative estimate of drug-likeness (QED) is 0.617. The van der Waals surface area contributed by atoms with Gasteiger partial charge in [-0.05, 0) is 42.8 Å². The summed E-state index contributed by atoms with van der Waals surface area (Å²) in [5.74, 6) is -0.00338. The number of hydrogen-bond donors (Lipinski definition) is 1. The zero-order valence-electron chi connectivity index (χ0n) is 11.8. The summed E-state index contributed by atoms with van der Waals surface area (Å²) >= 11 is 11.8. The summed E-state index contributed by atoms with van der Waals surface area (Å²) in [4.78, 5) is 12.1. The maximum Gasteiger partial charge on any atom is 0.185 e. The Morgan fingerprint density at radius 2 is 2.05 bits per heavy atom. The van der Waals surface area contributed by atoms with Gasteiger partial charge in [0.05, 0.1) is 11.6 Å². The van der Waals surface area contributed by atoms with E-state index in [0.29, 0.717) is 22.8 Å². The van der Waals surface area contributed by atoms with Crippen molar-refractivity contribution in [2.75, 3.05) is 6.61 Å².